The Hall–Kier alpha value is -1.69. The van der Waals surface area contributed by atoms with E-state index in [2.05, 4.69) is 0 Å². The summed E-state index contributed by atoms with van der Waals surface area (Å²) in [6, 6.07) is 1.55. The largest absolute Gasteiger partial charge is 0.478 e. The molecule has 0 aliphatic carbocycles. The molecule has 1 N–H and O–H groups in total. The summed E-state index contributed by atoms with van der Waals surface area (Å²) < 4.78 is 27.0. The quantitative estimate of drug-likeness (QED) is 0.843. The van der Waals surface area contributed by atoms with Gasteiger partial charge in [0.05, 0.1) is 5.56 Å². The Morgan fingerprint density at radius 2 is 1.89 bits per heavy atom. The van der Waals surface area contributed by atoms with Crippen molar-refractivity contribution in [3.8, 4) is 0 Å². The molecule has 0 saturated carbocycles. The Morgan fingerprint density at radius 3 is 2.37 bits per heavy atom. The first kappa shape index (κ1) is 15.4. The molecule has 6 heteroatoms. The first-order valence-corrected chi connectivity index (χ1v) is 6.42. The van der Waals surface area contributed by atoms with E-state index < -0.39 is 23.2 Å². The van der Waals surface area contributed by atoms with Crippen LogP contribution in [0.2, 0.25) is 0 Å². The summed E-state index contributed by atoms with van der Waals surface area (Å²) >= 11 is 1.13. The minimum atomic E-state index is -1.38. The highest BCUT2D eigenvalue weighted by Gasteiger charge is 2.12. The molecule has 0 spiro atoms. The molecular weight excluding hydrogens is 274 g/mol. The highest BCUT2D eigenvalue weighted by atomic mass is 32.2. The van der Waals surface area contributed by atoms with E-state index in [1.165, 1.54) is 19.1 Å². The molecule has 3 nitrogen and oxygen atoms in total. The third-order valence-electron chi connectivity index (χ3n) is 2.20. The molecule has 0 atom stereocenters. The molecule has 102 valence electrons. The number of thioether (sulfide) groups is 1. The van der Waals surface area contributed by atoms with Gasteiger partial charge in [-0.2, -0.15) is 0 Å². The summed E-state index contributed by atoms with van der Waals surface area (Å²) in [4.78, 5) is 21.2. The van der Waals surface area contributed by atoms with E-state index in [0.717, 1.165) is 23.9 Å². The van der Waals surface area contributed by atoms with Crippen molar-refractivity contribution in [1.29, 1.82) is 0 Å². The molecule has 0 unspecified atom stereocenters. The number of carboxylic acid groups (broad SMARTS) is 1. The molecule has 0 amide bonds. The van der Waals surface area contributed by atoms with Crippen LogP contribution in [0.15, 0.2) is 18.2 Å². The number of rotatable bonds is 5. The van der Waals surface area contributed by atoms with Gasteiger partial charge in [0.2, 0.25) is 0 Å². The molecule has 0 aliphatic heterocycles. The Balaban J connectivity index is 2.76. The Bertz CT molecular complexity index is 504. The van der Waals surface area contributed by atoms with Crippen molar-refractivity contribution in [3.05, 3.63) is 41.0 Å². The van der Waals surface area contributed by atoms with Gasteiger partial charge in [0, 0.05) is 18.2 Å². The van der Waals surface area contributed by atoms with Crippen LogP contribution in [0.5, 0.6) is 0 Å². The fraction of sp³-hybridized carbons (Fsp3) is 0.231. The van der Waals surface area contributed by atoms with E-state index in [-0.39, 0.29) is 10.7 Å². The topological polar surface area (TPSA) is 54.4 Å². The van der Waals surface area contributed by atoms with Crippen LogP contribution in [0.3, 0.4) is 0 Å². The molecule has 0 bridgehead atoms. The Labute approximate surface area is 113 Å². The molecule has 0 heterocycles. The third-order valence-corrected chi connectivity index (χ3v) is 3.05. The smallest absolute Gasteiger partial charge is 0.335 e. The molecule has 19 heavy (non-hydrogen) atoms. The van der Waals surface area contributed by atoms with Crippen LogP contribution in [0.4, 0.5) is 8.78 Å². The van der Waals surface area contributed by atoms with Crippen molar-refractivity contribution in [1.82, 2.24) is 0 Å². The van der Waals surface area contributed by atoms with E-state index in [1.807, 2.05) is 0 Å². The van der Waals surface area contributed by atoms with Gasteiger partial charge < -0.3 is 5.11 Å². The summed E-state index contributed by atoms with van der Waals surface area (Å²) in [5, 5.41) is 8.62. The molecule has 1 aromatic carbocycles. The first-order valence-electron chi connectivity index (χ1n) is 5.44. The zero-order valence-corrected chi connectivity index (χ0v) is 11.0. The van der Waals surface area contributed by atoms with E-state index in [4.69, 9.17) is 5.11 Å². The second-order valence-corrected chi connectivity index (χ2v) is 4.96. The maximum Gasteiger partial charge on any atom is 0.335 e. The molecular formula is C13H12F2O3S. The van der Waals surface area contributed by atoms with Crippen LogP contribution in [-0.2, 0) is 4.79 Å². The number of halogens is 2. The lowest BCUT2D eigenvalue weighted by Gasteiger charge is -2.02. The molecule has 1 rings (SSSR count). The maximum atomic E-state index is 13.5. The van der Waals surface area contributed by atoms with E-state index in [1.54, 1.807) is 0 Å². The van der Waals surface area contributed by atoms with Gasteiger partial charge in [0.15, 0.2) is 5.12 Å². The lowest BCUT2D eigenvalue weighted by atomic mass is 10.1. The number of benzene rings is 1. The van der Waals surface area contributed by atoms with Gasteiger partial charge in [-0.25, -0.2) is 13.6 Å². The monoisotopic (exact) mass is 286 g/mol. The number of allylic oxidation sites excluding steroid dienone is 1. The van der Waals surface area contributed by atoms with Crippen molar-refractivity contribution in [2.45, 2.75) is 13.3 Å². The second kappa shape index (κ2) is 7.04. The number of aromatic carboxylic acids is 1. The average Bonchev–Trinajstić information content (AvgIpc) is 2.30. The minimum Gasteiger partial charge on any atom is -0.478 e. The molecule has 0 radical (unpaired) electrons. The van der Waals surface area contributed by atoms with E-state index >= 15 is 0 Å². The van der Waals surface area contributed by atoms with Crippen LogP contribution in [-0.4, -0.2) is 21.9 Å². The number of hydrogen-bond acceptors (Lipinski definition) is 3. The summed E-state index contributed by atoms with van der Waals surface area (Å²) in [5.74, 6) is -2.70. The van der Waals surface area contributed by atoms with Crippen LogP contribution < -0.4 is 0 Å². The normalized spacial score (nSPS) is 10.9. The molecule has 0 saturated heterocycles. The highest BCUT2D eigenvalue weighted by Crippen LogP contribution is 2.17. The maximum absolute atomic E-state index is 13.5. The van der Waals surface area contributed by atoms with Crippen LogP contribution in [0.1, 0.15) is 29.3 Å². The summed E-state index contributed by atoms with van der Waals surface area (Å²) in [6.45, 7) is 1.44. The SMILES string of the molecule is CC(=O)SCCC=Cc1c(F)cc(C(=O)O)cc1F. The lowest BCUT2D eigenvalue weighted by molar-refractivity contribution is -0.109. The molecule has 0 aromatic heterocycles. The van der Waals surface area contributed by atoms with Crippen molar-refractivity contribution in [2.24, 2.45) is 0 Å². The minimum absolute atomic E-state index is 0.0171. The summed E-state index contributed by atoms with van der Waals surface area (Å²) in [5.41, 5.74) is -0.711. The van der Waals surface area contributed by atoms with Gasteiger partial charge in [-0.15, -0.1) is 0 Å². The Morgan fingerprint density at radius 1 is 1.32 bits per heavy atom. The van der Waals surface area contributed by atoms with E-state index in [0.29, 0.717) is 12.2 Å². The van der Waals surface area contributed by atoms with Crippen molar-refractivity contribution < 1.29 is 23.5 Å². The molecule has 0 fully saturated rings. The van der Waals surface area contributed by atoms with Crippen molar-refractivity contribution >= 4 is 28.9 Å². The van der Waals surface area contributed by atoms with Gasteiger partial charge >= 0.3 is 5.97 Å². The van der Waals surface area contributed by atoms with Gasteiger partial charge in [-0.3, -0.25) is 4.79 Å². The summed E-state index contributed by atoms with van der Waals surface area (Å²) in [7, 11) is 0. The number of hydrogen-bond donors (Lipinski definition) is 1. The van der Waals surface area contributed by atoms with Crippen molar-refractivity contribution in [3.63, 3.8) is 0 Å². The van der Waals surface area contributed by atoms with Crippen LogP contribution >= 0.6 is 11.8 Å². The fourth-order valence-electron chi connectivity index (χ4n) is 1.34. The average molecular weight is 286 g/mol. The highest BCUT2D eigenvalue weighted by molar-refractivity contribution is 8.13. The third kappa shape index (κ3) is 4.82. The van der Waals surface area contributed by atoms with Crippen LogP contribution in [0.25, 0.3) is 6.08 Å². The van der Waals surface area contributed by atoms with Gasteiger partial charge in [0.1, 0.15) is 11.6 Å². The van der Waals surface area contributed by atoms with E-state index in [9.17, 15) is 18.4 Å². The van der Waals surface area contributed by atoms with Gasteiger partial charge in [-0.05, 0) is 18.6 Å². The van der Waals surface area contributed by atoms with Crippen LogP contribution in [0, 0.1) is 11.6 Å². The standard InChI is InChI=1S/C13H12F2O3S/c1-8(16)19-5-3-2-4-10-11(14)6-9(13(17)18)7-12(10)15/h2,4,6-7H,3,5H2,1H3,(H,17,18). The van der Waals surface area contributed by atoms with Crippen molar-refractivity contribution in [2.75, 3.05) is 5.75 Å². The summed E-state index contributed by atoms with van der Waals surface area (Å²) in [6.07, 6.45) is 3.28. The molecule has 1 aromatic rings. The first-order chi connectivity index (χ1) is 8.91. The second-order valence-electron chi connectivity index (χ2n) is 3.69. The number of carbonyl (C=O) groups is 2. The zero-order chi connectivity index (χ0) is 14.4. The molecule has 0 aliphatic rings. The van der Waals surface area contributed by atoms with Gasteiger partial charge in [0.25, 0.3) is 0 Å². The lowest BCUT2D eigenvalue weighted by Crippen LogP contribution is -2.00. The predicted molar refractivity (Wildman–Crippen MR) is 70.1 cm³/mol. The Kier molecular flexibility index (Phi) is 5.69. The number of carboxylic acids is 1. The zero-order valence-electron chi connectivity index (χ0n) is 10.2. The number of carbonyl (C=O) groups excluding carboxylic acids is 1. The predicted octanol–water partition coefficient (Wildman–Crippen LogP) is 3.35. The van der Waals surface area contributed by atoms with Gasteiger partial charge in [-0.1, -0.05) is 23.9 Å². The fourth-order valence-corrected chi connectivity index (χ4v) is 1.88.